The zero-order valence-corrected chi connectivity index (χ0v) is 15.7. The maximum absolute atomic E-state index is 12.6. The van der Waals surface area contributed by atoms with E-state index in [1.54, 1.807) is 36.4 Å². The average molecular weight is 370 g/mol. The molecule has 0 radical (unpaired) electrons. The molecule has 0 bridgehead atoms. The van der Waals surface area contributed by atoms with E-state index in [0.717, 1.165) is 5.56 Å². The van der Waals surface area contributed by atoms with Crippen molar-refractivity contribution in [1.29, 1.82) is 0 Å². The van der Waals surface area contributed by atoms with Gasteiger partial charge in [0, 0.05) is 6.92 Å². The Morgan fingerprint density at radius 3 is 2.41 bits per heavy atom. The molecule has 7 heteroatoms. The first kappa shape index (κ1) is 20.0. The summed E-state index contributed by atoms with van der Waals surface area (Å²) in [6.07, 6.45) is 0. The number of rotatable bonds is 6. The van der Waals surface area contributed by atoms with Crippen molar-refractivity contribution in [2.75, 3.05) is 31.0 Å². The fourth-order valence-electron chi connectivity index (χ4n) is 2.61. The smallest absolute Gasteiger partial charge is 0.339 e. The van der Waals surface area contributed by atoms with E-state index >= 15 is 0 Å². The van der Waals surface area contributed by atoms with Crippen molar-refractivity contribution in [2.45, 2.75) is 13.8 Å². The number of hydrogen-bond acceptors (Lipinski definition) is 5. The van der Waals surface area contributed by atoms with Crippen LogP contribution < -0.4 is 15.0 Å². The van der Waals surface area contributed by atoms with Gasteiger partial charge in [-0.25, -0.2) is 4.79 Å². The van der Waals surface area contributed by atoms with Crippen molar-refractivity contribution in [3.05, 3.63) is 53.6 Å². The predicted molar refractivity (Wildman–Crippen MR) is 102 cm³/mol. The van der Waals surface area contributed by atoms with Crippen LogP contribution in [0.15, 0.2) is 42.5 Å². The number of methoxy groups -OCH3 is 2. The maximum Gasteiger partial charge on any atom is 0.339 e. The first-order valence-corrected chi connectivity index (χ1v) is 8.27. The number of carbonyl (C=O) groups excluding carboxylic acids is 3. The lowest BCUT2D eigenvalue weighted by atomic mass is 10.1. The number of amides is 2. The highest BCUT2D eigenvalue weighted by atomic mass is 16.5. The minimum atomic E-state index is -0.586. The van der Waals surface area contributed by atoms with E-state index in [9.17, 15) is 14.4 Å². The molecule has 0 saturated carbocycles. The summed E-state index contributed by atoms with van der Waals surface area (Å²) in [7, 11) is 2.77. The van der Waals surface area contributed by atoms with Crippen LogP contribution in [0.4, 0.5) is 11.4 Å². The van der Waals surface area contributed by atoms with Crippen LogP contribution in [0.1, 0.15) is 22.8 Å². The highest BCUT2D eigenvalue weighted by Gasteiger charge is 2.22. The monoisotopic (exact) mass is 370 g/mol. The lowest BCUT2D eigenvalue weighted by Crippen LogP contribution is -2.37. The number of esters is 1. The van der Waals surface area contributed by atoms with Crippen LogP contribution in [0.25, 0.3) is 0 Å². The van der Waals surface area contributed by atoms with Gasteiger partial charge in [0.05, 0.1) is 31.2 Å². The third kappa shape index (κ3) is 4.84. The van der Waals surface area contributed by atoms with Crippen LogP contribution in [0, 0.1) is 6.92 Å². The molecule has 0 aliphatic rings. The van der Waals surface area contributed by atoms with Gasteiger partial charge >= 0.3 is 5.97 Å². The molecule has 0 aliphatic carbocycles. The van der Waals surface area contributed by atoms with Crippen molar-refractivity contribution in [3.8, 4) is 5.75 Å². The molecule has 7 nitrogen and oxygen atoms in total. The van der Waals surface area contributed by atoms with Crippen LogP contribution in [0.5, 0.6) is 5.75 Å². The Balaban J connectivity index is 2.28. The van der Waals surface area contributed by atoms with Gasteiger partial charge in [0.15, 0.2) is 0 Å². The number of aryl methyl sites for hydroxylation is 1. The third-order valence-electron chi connectivity index (χ3n) is 3.91. The Morgan fingerprint density at radius 1 is 1.07 bits per heavy atom. The summed E-state index contributed by atoms with van der Waals surface area (Å²) in [5.74, 6) is -0.873. The van der Waals surface area contributed by atoms with E-state index in [2.05, 4.69) is 5.32 Å². The number of hydrogen-bond donors (Lipinski definition) is 1. The van der Waals surface area contributed by atoms with Crippen molar-refractivity contribution < 1.29 is 23.9 Å². The fourth-order valence-corrected chi connectivity index (χ4v) is 2.61. The predicted octanol–water partition coefficient (Wildman–Crippen LogP) is 2.78. The van der Waals surface area contributed by atoms with Gasteiger partial charge in [-0.2, -0.15) is 0 Å². The van der Waals surface area contributed by atoms with Gasteiger partial charge in [0.2, 0.25) is 11.8 Å². The second-order valence-corrected chi connectivity index (χ2v) is 5.87. The molecular formula is C20H22N2O5. The number of ether oxygens (including phenoxy) is 2. The second-order valence-electron chi connectivity index (χ2n) is 5.87. The summed E-state index contributed by atoms with van der Waals surface area (Å²) in [5, 5.41) is 2.75. The van der Waals surface area contributed by atoms with Gasteiger partial charge in [0.25, 0.3) is 0 Å². The van der Waals surface area contributed by atoms with E-state index in [1.807, 2.05) is 13.0 Å². The second kappa shape index (κ2) is 8.84. The van der Waals surface area contributed by atoms with E-state index < -0.39 is 11.9 Å². The number of nitrogens with one attached hydrogen (secondary N) is 1. The molecule has 1 N–H and O–H groups in total. The number of anilines is 2. The van der Waals surface area contributed by atoms with Crippen LogP contribution >= 0.6 is 0 Å². The Bertz CT molecular complexity index is 863. The molecular weight excluding hydrogens is 348 g/mol. The molecule has 2 aromatic rings. The van der Waals surface area contributed by atoms with Crippen molar-refractivity contribution in [2.24, 2.45) is 0 Å². The molecule has 0 saturated heterocycles. The molecule has 142 valence electrons. The summed E-state index contributed by atoms with van der Waals surface area (Å²) >= 11 is 0. The van der Waals surface area contributed by atoms with Crippen LogP contribution in [-0.2, 0) is 14.3 Å². The van der Waals surface area contributed by atoms with Gasteiger partial charge < -0.3 is 19.7 Å². The molecule has 2 amide bonds. The first-order chi connectivity index (χ1) is 12.9. The number of benzene rings is 2. The molecule has 27 heavy (non-hydrogen) atoms. The van der Waals surface area contributed by atoms with Crippen molar-refractivity contribution >= 4 is 29.2 Å². The largest absolute Gasteiger partial charge is 0.495 e. The molecule has 0 unspecified atom stereocenters. The Hall–Kier alpha value is -3.35. The maximum atomic E-state index is 12.6. The number of para-hydroxylation sites is 1. The molecule has 0 aromatic heterocycles. The standard InChI is InChI=1S/C20H22N2O5/c1-13-9-10-18(26-3)16(11-13)21-19(24)12-22(14(2)23)17-8-6-5-7-15(17)20(25)27-4/h5-11H,12H2,1-4H3,(H,21,24). The molecule has 0 atom stereocenters. The Kier molecular flexibility index (Phi) is 6.54. The number of nitrogens with zero attached hydrogens (tertiary/aromatic N) is 1. The van der Waals surface area contributed by atoms with Gasteiger partial charge in [-0.1, -0.05) is 18.2 Å². The van der Waals surface area contributed by atoms with Crippen LogP contribution in [0.2, 0.25) is 0 Å². The molecule has 2 aromatic carbocycles. The van der Waals surface area contributed by atoms with E-state index in [1.165, 1.54) is 26.0 Å². The lowest BCUT2D eigenvalue weighted by Gasteiger charge is -2.23. The highest BCUT2D eigenvalue weighted by molar-refractivity contribution is 6.06. The fraction of sp³-hybridized carbons (Fsp3) is 0.250. The Labute approximate surface area is 157 Å². The molecule has 2 rings (SSSR count). The topological polar surface area (TPSA) is 84.9 Å². The molecule has 0 aliphatic heterocycles. The third-order valence-corrected chi connectivity index (χ3v) is 3.91. The van der Waals surface area contributed by atoms with Gasteiger partial charge in [-0.15, -0.1) is 0 Å². The highest BCUT2D eigenvalue weighted by Crippen LogP contribution is 2.26. The zero-order valence-electron chi connectivity index (χ0n) is 15.7. The lowest BCUT2D eigenvalue weighted by molar-refractivity contribution is -0.120. The van der Waals surface area contributed by atoms with E-state index in [4.69, 9.17) is 9.47 Å². The summed E-state index contributed by atoms with van der Waals surface area (Å²) in [6.45, 7) is 2.96. The quantitative estimate of drug-likeness (QED) is 0.791. The zero-order chi connectivity index (χ0) is 20.0. The van der Waals surface area contributed by atoms with E-state index in [0.29, 0.717) is 17.1 Å². The molecule has 0 fully saturated rings. The minimum absolute atomic E-state index is 0.205. The van der Waals surface area contributed by atoms with Crippen LogP contribution in [0.3, 0.4) is 0 Å². The van der Waals surface area contributed by atoms with Gasteiger partial charge in [0.1, 0.15) is 12.3 Å². The summed E-state index contributed by atoms with van der Waals surface area (Å²) in [4.78, 5) is 37.9. The van der Waals surface area contributed by atoms with Crippen molar-refractivity contribution in [3.63, 3.8) is 0 Å². The Morgan fingerprint density at radius 2 is 1.78 bits per heavy atom. The summed E-state index contributed by atoms with van der Waals surface area (Å²) in [5.41, 5.74) is 1.97. The normalized spacial score (nSPS) is 10.1. The van der Waals surface area contributed by atoms with E-state index in [-0.39, 0.29) is 18.0 Å². The summed E-state index contributed by atoms with van der Waals surface area (Å²) in [6, 6.07) is 11.9. The van der Waals surface area contributed by atoms with Gasteiger partial charge in [-0.3, -0.25) is 9.59 Å². The minimum Gasteiger partial charge on any atom is -0.495 e. The van der Waals surface area contributed by atoms with Gasteiger partial charge in [-0.05, 0) is 36.8 Å². The number of carbonyl (C=O) groups is 3. The van der Waals surface area contributed by atoms with Crippen molar-refractivity contribution in [1.82, 2.24) is 0 Å². The molecule has 0 heterocycles. The summed E-state index contributed by atoms with van der Waals surface area (Å²) < 4.78 is 10.0. The molecule has 0 spiro atoms. The SMILES string of the molecule is COC(=O)c1ccccc1N(CC(=O)Nc1cc(C)ccc1OC)C(C)=O. The van der Waals surface area contributed by atoms with Crippen LogP contribution in [-0.4, -0.2) is 38.5 Å². The first-order valence-electron chi connectivity index (χ1n) is 8.27. The average Bonchev–Trinajstić information content (AvgIpc) is 2.65.